The summed E-state index contributed by atoms with van der Waals surface area (Å²) in [5.41, 5.74) is -2.35. The van der Waals surface area contributed by atoms with Gasteiger partial charge in [0.05, 0.1) is 44.8 Å². The summed E-state index contributed by atoms with van der Waals surface area (Å²) in [5, 5.41) is 54.8. The number of esters is 3. The number of nitrogens with one attached hydrogen (secondary N) is 2. The molecule has 0 radical (unpaired) electrons. The van der Waals surface area contributed by atoms with E-state index in [1.807, 2.05) is 62.2 Å². The van der Waals surface area contributed by atoms with E-state index in [9.17, 15) is 34.8 Å². The molecule has 21 nitrogen and oxygen atoms in total. The van der Waals surface area contributed by atoms with Gasteiger partial charge in [0.15, 0.2) is 11.9 Å². The van der Waals surface area contributed by atoms with E-state index in [1.165, 1.54) is 26.2 Å². The summed E-state index contributed by atoms with van der Waals surface area (Å²) >= 11 is 0. The Morgan fingerprint density at radius 3 is 2.46 bits per heavy atom. The first kappa shape index (κ1) is 58.5. The number of H-pyrrole nitrogens is 1. The topological polar surface area (TPSA) is 262 Å². The lowest BCUT2D eigenvalue weighted by Gasteiger charge is -2.61. The van der Waals surface area contributed by atoms with Gasteiger partial charge in [0, 0.05) is 104 Å². The maximum absolute atomic E-state index is 15.6. The van der Waals surface area contributed by atoms with Gasteiger partial charge in [0.25, 0.3) is 5.91 Å². The molecular weight excluding hydrogens is 1040 g/mol. The number of para-hydroxylation sites is 1. The Kier molecular flexibility index (Phi) is 16.5. The van der Waals surface area contributed by atoms with Crippen molar-refractivity contribution in [2.45, 2.75) is 157 Å². The van der Waals surface area contributed by atoms with Crippen LogP contribution in [0.15, 0.2) is 48.6 Å². The van der Waals surface area contributed by atoms with E-state index in [2.05, 4.69) is 32.2 Å². The summed E-state index contributed by atoms with van der Waals surface area (Å²) in [5.74, 6) is -2.73. The predicted molar refractivity (Wildman–Crippen MR) is 296 cm³/mol. The van der Waals surface area contributed by atoms with Crippen molar-refractivity contribution in [3.05, 3.63) is 70.9 Å². The molecule has 7 unspecified atom stereocenters. The molecule has 1 saturated carbocycles. The quantitative estimate of drug-likeness (QED) is 0.0277. The third-order valence-electron chi connectivity index (χ3n) is 19.3. The predicted octanol–water partition coefficient (Wildman–Crippen LogP) is 3.29. The number of hydrazine groups is 1. The lowest BCUT2D eigenvalue weighted by Crippen LogP contribution is -2.78. The number of ether oxygens (including phenoxy) is 6. The molecule has 3 aromatic rings. The highest BCUT2D eigenvalue weighted by Crippen LogP contribution is 2.70. The summed E-state index contributed by atoms with van der Waals surface area (Å²) in [7, 11) is 4.37. The van der Waals surface area contributed by atoms with Gasteiger partial charge in [-0.2, -0.15) is 0 Å². The number of amides is 2. The molecule has 13 atom stereocenters. The summed E-state index contributed by atoms with van der Waals surface area (Å²) < 4.78 is 34.1. The van der Waals surface area contributed by atoms with E-state index < -0.39 is 87.8 Å². The van der Waals surface area contributed by atoms with Crippen LogP contribution < -0.4 is 15.1 Å². The molecule has 1 aliphatic carbocycles. The van der Waals surface area contributed by atoms with E-state index in [4.69, 9.17) is 28.4 Å². The third-order valence-corrected chi connectivity index (χ3v) is 19.3. The van der Waals surface area contributed by atoms with Gasteiger partial charge >= 0.3 is 17.9 Å². The number of methoxy groups -OCH3 is 3. The summed E-state index contributed by atoms with van der Waals surface area (Å²) in [4.78, 5) is 78.0. The number of carbonyl (C=O) groups excluding carboxylic acids is 5. The molecule has 2 amide bonds. The first-order valence-corrected chi connectivity index (χ1v) is 29.1. The van der Waals surface area contributed by atoms with Gasteiger partial charge in [-0.1, -0.05) is 51.1 Å². The van der Waals surface area contributed by atoms with Crippen molar-refractivity contribution in [2.24, 2.45) is 11.3 Å². The zero-order valence-electron chi connectivity index (χ0n) is 47.9. The number of benzene rings is 2. The average molecular weight is 1130 g/mol. The summed E-state index contributed by atoms with van der Waals surface area (Å²) in [6, 6.07) is 9.59. The Bertz CT molecular complexity index is 2910. The number of anilines is 1. The van der Waals surface area contributed by atoms with E-state index in [1.54, 1.807) is 7.11 Å². The highest BCUT2D eigenvalue weighted by molar-refractivity contribution is 5.98. The van der Waals surface area contributed by atoms with E-state index in [0.717, 1.165) is 22.0 Å². The zero-order valence-corrected chi connectivity index (χ0v) is 47.9. The van der Waals surface area contributed by atoms with Crippen molar-refractivity contribution in [3.63, 3.8) is 0 Å². The highest BCUT2D eigenvalue weighted by atomic mass is 16.7. The van der Waals surface area contributed by atoms with Crippen LogP contribution in [0.25, 0.3) is 10.9 Å². The molecule has 10 rings (SSSR count). The first-order valence-electron chi connectivity index (χ1n) is 29.1. The molecule has 21 heteroatoms. The number of hydrogen-bond donors (Lipinski definition) is 6. The lowest BCUT2D eigenvalue weighted by atomic mass is 9.48. The van der Waals surface area contributed by atoms with Gasteiger partial charge in [-0.15, -0.1) is 0 Å². The molecule has 6 N–H and O–H groups in total. The van der Waals surface area contributed by atoms with Crippen molar-refractivity contribution in [3.8, 4) is 5.75 Å². The van der Waals surface area contributed by atoms with Crippen molar-refractivity contribution in [2.75, 3.05) is 85.4 Å². The maximum atomic E-state index is 15.6. The second kappa shape index (κ2) is 22.8. The van der Waals surface area contributed by atoms with Crippen LogP contribution in [0.5, 0.6) is 5.75 Å². The molecule has 442 valence electrons. The van der Waals surface area contributed by atoms with Gasteiger partial charge in [-0.3, -0.25) is 39.0 Å². The fourth-order valence-corrected chi connectivity index (χ4v) is 15.6. The van der Waals surface area contributed by atoms with Gasteiger partial charge in [0.2, 0.25) is 5.91 Å². The molecule has 1 spiro atoms. The van der Waals surface area contributed by atoms with Crippen LogP contribution in [0.2, 0.25) is 0 Å². The van der Waals surface area contributed by atoms with Gasteiger partial charge < -0.3 is 59.1 Å². The number of hydrogen-bond acceptors (Lipinski definition) is 18. The number of aromatic amines is 1. The average Bonchev–Trinajstić information content (AvgIpc) is 1.53. The molecule has 6 aliphatic heterocycles. The SMILES string of the molecule is CCC(CO)OC(COC(=O)CCCC(=O)NC(C)C(=O)OCCCN1C(=O)[C@]2(O)C3N1c1cc(OC)c([C@@]4(C(=O)OC)C[C@H]5CN(CCc6c4[nH]c4ccccc64)CC(O)(CC)C5)cc1[C@@]31CCN3CC=C[C@](CC)(C31)[C@H]2O)OC. The summed E-state index contributed by atoms with van der Waals surface area (Å²) in [6.45, 7) is 9.78. The second-order valence-corrected chi connectivity index (χ2v) is 23.6. The van der Waals surface area contributed by atoms with Gasteiger partial charge in [-0.25, -0.2) is 4.79 Å². The second-order valence-electron chi connectivity index (χ2n) is 23.6. The number of aliphatic hydroxyl groups is 4. The van der Waals surface area contributed by atoms with Crippen molar-refractivity contribution < 1.29 is 72.8 Å². The largest absolute Gasteiger partial charge is 0.496 e. The number of aromatic nitrogens is 1. The Balaban J connectivity index is 0.951. The fraction of sp³-hybridized carbons (Fsp3) is 0.650. The molecule has 3 saturated heterocycles. The van der Waals surface area contributed by atoms with Crippen molar-refractivity contribution >= 4 is 46.3 Å². The van der Waals surface area contributed by atoms with E-state index in [-0.39, 0.29) is 70.4 Å². The van der Waals surface area contributed by atoms with E-state index in [0.29, 0.717) is 93.9 Å². The zero-order chi connectivity index (χ0) is 57.8. The minimum Gasteiger partial charge on any atom is -0.496 e. The van der Waals surface area contributed by atoms with Crippen LogP contribution in [0.4, 0.5) is 5.69 Å². The van der Waals surface area contributed by atoms with Crippen LogP contribution in [0.3, 0.4) is 0 Å². The smallest absolute Gasteiger partial charge is 0.328 e. The van der Waals surface area contributed by atoms with Gasteiger partial charge in [0.1, 0.15) is 36.0 Å². The Morgan fingerprint density at radius 2 is 1.74 bits per heavy atom. The molecule has 4 fully saturated rings. The van der Waals surface area contributed by atoms with Gasteiger partial charge in [-0.05, 0) is 94.0 Å². The fourth-order valence-electron chi connectivity index (χ4n) is 15.6. The van der Waals surface area contributed by atoms with Crippen molar-refractivity contribution in [1.29, 1.82) is 0 Å². The van der Waals surface area contributed by atoms with Crippen molar-refractivity contribution in [1.82, 2.24) is 25.1 Å². The number of fused-ring (bicyclic) bond motifs is 7. The normalized spacial score (nSPS) is 31.9. The summed E-state index contributed by atoms with van der Waals surface area (Å²) in [6.07, 6.45) is 4.64. The molecule has 7 aliphatic rings. The molecule has 2 aromatic carbocycles. The highest BCUT2D eigenvalue weighted by Gasteiger charge is 2.83. The molecule has 2 bridgehead atoms. The van der Waals surface area contributed by atoms with Crippen LogP contribution in [-0.2, 0) is 64.9 Å². The number of carbonyl (C=O) groups is 5. The van der Waals surface area contributed by atoms with Crippen LogP contribution in [0.1, 0.15) is 114 Å². The monoisotopic (exact) mass is 1130 g/mol. The lowest BCUT2D eigenvalue weighted by molar-refractivity contribution is -0.195. The number of aliphatic hydroxyl groups excluding tert-OH is 2. The molecular formula is C60H82N6O15. The standard InChI is InChI=1S/C60H82N6O15/c1-8-38(33-67)81-48(77-6)34-80-47(69)19-13-18-46(68)61-36(4)50(70)79-27-15-24-65-54(72)60(75)52-58(22-26-64-23-14-21-57(10-3,51(58)64)53(60)71)41-28-42(45(76-5)29-44(41)66(52)65)59(55(73)78-7)31-37-30-56(74,9-2)35-63(32-37)25-20-40-39-16-11-12-17-43(39)62-49(40)59/h11-12,14,16-17,21,28-29,36-38,48,51-53,62,67,71,74-75H,8-10,13,15,18-20,22-27,30-35H2,1-7H3,(H,61,68)/t36?,37-,38?,48?,51?,52?,53+,56?,57+,58+,59-,60-/m0/s1. The van der Waals surface area contributed by atoms with Crippen LogP contribution >= 0.6 is 0 Å². The Hall–Kier alpha value is -5.65. The molecule has 81 heavy (non-hydrogen) atoms. The van der Waals surface area contributed by atoms with E-state index >= 15 is 9.59 Å². The van der Waals surface area contributed by atoms with Crippen LogP contribution in [0, 0.1) is 11.3 Å². The number of nitrogens with zero attached hydrogens (tertiary/aromatic N) is 4. The number of piperidine rings is 1. The molecule has 7 heterocycles. The maximum Gasteiger partial charge on any atom is 0.328 e. The third kappa shape index (κ3) is 9.50. The molecule has 1 aromatic heterocycles. The minimum atomic E-state index is -2.32. The number of rotatable bonds is 22. The minimum absolute atomic E-state index is 0.0294. The first-order chi connectivity index (χ1) is 38.9. The van der Waals surface area contributed by atoms with Crippen LogP contribution in [-0.4, -0.2) is 198 Å². The Morgan fingerprint density at radius 1 is 0.951 bits per heavy atom. The Labute approximate surface area is 473 Å².